The van der Waals surface area contributed by atoms with E-state index in [1.165, 1.54) is 0 Å². The van der Waals surface area contributed by atoms with Crippen LogP contribution in [0, 0.1) is 5.92 Å². The molecule has 92 valence electrons. The van der Waals surface area contributed by atoms with Crippen molar-refractivity contribution in [2.75, 3.05) is 18.6 Å². The molecule has 1 aliphatic heterocycles. The maximum Gasteiger partial charge on any atom is 0.326 e. The molecule has 16 heavy (non-hydrogen) atoms. The lowest BCUT2D eigenvalue weighted by Gasteiger charge is -2.34. The van der Waals surface area contributed by atoms with Crippen LogP contribution in [0.5, 0.6) is 0 Å². The molecule has 1 rings (SSSR count). The minimum atomic E-state index is -0.871. The minimum absolute atomic E-state index is 0.0125. The second-order valence-electron chi connectivity index (χ2n) is 4.24. The molecule has 2 unspecified atom stereocenters. The summed E-state index contributed by atoms with van der Waals surface area (Å²) in [5.41, 5.74) is 0. The van der Waals surface area contributed by atoms with E-state index in [2.05, 4.69) is 0 Å². The third-order valence-electron chi connectivity index (χ3n) is 2.91. The fourth-order valence-electron chi connectivity index (χ4n) is 2.06. The van der Waals surface area contributed by atoms with Gasteiger partial charge in [0.15, 0.2) is 0 Å². The number of nitrogens with zero attached hydrogens (tertiary/aromatic N) is 1. The highest BCUT2D eigenvalue weighted by atomic mass is 32.2. The maximum absolute atomic E-state index is 12.1. The summed E-state index contributed by atoms with van der Waals surface area (Å²) in [7, 11) is 0. The van der Waals surface area contributed by atoms with Crippen molar-refractivity contribution in [2.45, 2.75) is 32.2 Å². The number of thioether (sulfide) groups is 1. The zero-order valence-electron chi connectivity index (χ0n) is 9.81. The Balaban J connectivity index is 2.67. The summed E-state index contributed by atoms with van der Waals surface area (Å²) >= 11 is 1.62. The number of aliphatic carboxylic acids is 1. The van der Waals surface area contributed by atoms with E-state index in [-0.39, 0.29) is 11.8 Å². The van der Waals surface area contributed by atoms with Crippen molar-refractivity contribution >= 4 is 23.6 Å². The molecule has 0 bridgehead atoms. The summed E-state index contributed by atoms with van der Waals surface area (Å²) in [6, 6.07) is -0.606. The second kappa shape index (κ2) is 6.13. The molecule has 5 heteroatoms. The number of hydrogen-bond donors (Lipinski definition) is 1. The number of carboxylic acids is 1. The van der Waals surface area contributed by atoms with E-state index < -0.39 is 12.0 Å². The third-order valence-corrected chi connectivity index (χ3v) is 3.74. The van der Waals surface area contributed by atoms with Gasteiger partial charge in [-0.05, 0) is 25.5 Å². The molecule has 0 aromatic carbocycles. The summed E-state index contributed by atoms with van der Waals surface area (Å²) in [4.78, 5) is 24.7. The molecule has 0 radical (unpaired) electrons. The quantitative estimate of drug-likeness (QED) is 0.814. The van der Waals surface area contributed by atoms with Crippen molar-refractivity contribution in [1.82, 2.24) is 4.90 Å². The van der Waals surface area contributed by atoms with Crippen LogP contribution in [-0.2, 0) is 9.59 Å². The van der Waals surface area contributed by atoms with Gasteiger partial charge in [0.05, 0.1) is 0 Å². The lowest BCUT2D eigenvalue weighted by Crippen LogP contribution is -2.50. The van der Waals surface area contributed by atoms with Gasteiger partial charge < -0.3 is 10.0 Å². The number of piperidine rings is 1. The van der Waals surface area contributed by atoms with E-state index in [0.29, 0.717) is 13.0 Å². The van der Waals surface area contributed by atoms with Crippen molar-refractivity contribution in [3.8, 4) is 0 Å². The Labute approximate surface area is 100 Å². The molecule has 1 heterocycles. The van der Waals surface area contributed by atoms with Crippen LogP contribution in [0.3, 0.4) is 0 Å². The predicted octanol–water partition coefficient (Wildman–Crippen LogP) is 1.45. The monoisotopic (exact) mass is 245 g/mol. The van der Waals surface area contributed by atoms with Gasteiger partial charge in [0.25, 0.3) is 0 Å². The van der Waals surface area contributed by atoms with Crippen LogP contribution in [0.4, 0.5) is 0 Å². The molecule has 0 aromatic heterocycles. The van der Waals surface area contributed by atoms with Gasteiger partial charge in [-0.25, -0.2) is 4.79 Å². The molecular formula is C11H19NO3S. The van der Waals surface area contributed by atoms with Gasteiger partial charge in [0.1, 0.15) is 6.04 Å². The predicted molar refractivity (Wildman–Crippen MR) is 64.5 cm³/mol. The Morgan fingerprint density at radius 3 is 2.75 bits per heavy atom. The topological polar surface area (TPSA) is 57.6 Å². The number of rotatable bonds is 4. The standard InChI is InChI=1S/C11H19NO3S/c1-8(7-16-2)10(13)12-6-4-3-5-9(12)11(14)15/h8-9H,3-7H2,1-2H3,(H,14,15). The number of carboxylic acid groups (broad SMARTS) is 1. The average molecular weight is 245 g/mol. The van der Waals surface area contributed by atoms with Gasteiger partial charge >= 0.3 is 5.97 Å². The Hall–Kier alpha value is -0.710. The van der Waals surface area contributed by atoms with E-state index in [0.717, 1.165) is 18.6 Å². The molecular weight excluding hydrogens is 226 g/mol. The van der Waals surface area contributed by atoms with E-state index in [4.69, 9.17) is 5.11 Å². The molecule has 0 aromatic rings. The van der Waals surface area contributed by atoms with Crippen LogP contribution in [0.2, 0.25) is 0 Å². The van der Waals surface area contributed by atoms with Crippen molar-refractivity contribution < 1.29 is 14.7 Å². The molecule has 1 amide bonds. The maximum atomic E-state index is 12.1. The Bertz CT molecular complexity index is 270. The highest BCUT2D eigenvalue weighted by Crippen LogP contribution is 2.20. The first kappa shape index (κ1) is 13.4. The summed E-state index contributed by atoms with van der Waals surface area (Å²) in [6.07, 6.45) is 4.36. The number of carbonyl (C=O) groups is 2. The summed E-state index contributed by atoms with van der Waals surface area (Å²) < 4.78 is 0. The molecule has 0 spiro atoms. The Morgan fingerprint density at radius 1 is 1.50 bits per heavy atom. The lowest BCUT2D eigenvalue weighted by molar-refractivity contribution is -0.153. The van der Waals surface area contributed by atoms with Gasteiger partial charge in [-0.15, -0.1) is 0 Å². The summed E-state index contributed by atoms with van der Waals surface area (Å²) in [5, 5.41) is 9.07. The van der Waals surface area contributed by atoms with Crippen LogP contribution in [0.15, 0.2) is 0 Å². The first-order valence-corrected chi connectivity index (χ1v) is 6.99. The smallest absolute Gasteiger partial charge is 0.326 e. The molecule has 1 N–H and O–H groups in total. The van der Waals surface area contributed by atoms with Crippen LogP contribution < -0.4 is 0 Å². The number of hydrogen-bond acceptors (Lipinski definition) is 3. The summed E-state index contributed by atoms with van der Waals surface area (Å²) in [6.45, 7) is 2.46. The van der Waals surface area contributed by atoms with Crippen molar-refractivity contribution in [3.05, 3.63) is 0 Å². The van der Waals surface area contributed by atoms with Crippen molar-refractivity contribution in [3.63, 3.8) is 0 Å². The van der Waals surface area contributed by atoms with Crippen LogP contribution in [-0.4, -0.2) is 46.5 Å². The fourth-order valence-corrected chi connectivity index (χ4v) is 2.70. The number of amides is 1. The molecule has 1 fully saturated rings. The zero-order valence-corrected chi connectivity index (χ0v) is 10.6. The second-order valence-corrected chi connectivity index (χ2v) is 5.15. The largest absolute Gasteiger partial charge is 0.480 e. The van der Waals surface area contributed by atoms with Gasteiger partial charge in [0.2, 0.25) is 5.91 Å². The van der Waals surface area contributed by atoms with Crippen LogP contribution in [0.25, 0.3) is 0 Å². The normalized spacial score (nSPS) is 22.9. The fraction of sp³-hybridized carbons (Fsp3) is 0.818. The highest BCUT2D eigenvalue weighted by molar-refractivity contribution is 7.98. The molecule has 0 saturated carbocycles. The average Bonchev–Trinajstić information content (AvgIpc) is 2.28. The van der Waals surface area contributed by atoms with Gasteiger partial charge in [0, 0.05) is 18.2 Å². The minimum Gasteiger partial charge on any atom is -0.480 e. The van der Waals surface area contributed by atoms with E-state index in [1.54, 1.807) is 16.7 Å². The van der Waals surface area contributed by atoms with E-state index >= 15 is 0 Å². The number of carbonyl (C=O) groups excluding carboxylic acids is 1. The molecule has 1 saturated heterocycles. The Morgan fingerprint density at radius 2 is 2.19 bits per heavy atom. The molecule has 4 nitrogen and oxygen atoms in total. The van der Waals surface area contributed by atoms with Crippen LogP contribution >= 0.6 is 11.8 Å². The van der Waals surface area contributed by atoms with Crippen molar-refractivity contribution in [2.24, 2.45) is 5.92 Å². The van der Waals surface area contributed by atoms with Crippen molar-refractivity contribution in [1.29, 1.82) is 0 Å². The zero-order chi connectivity index (χ0) is 12.1. The molecule has 0 aliphatic carbocycles. The van der Waals surface area contributed by atoms with Gasteiger partial charge in [-0.2, -0.15) is 11.8 Å². The number of likely N-dealkylation sites (tertiary alicyclic amines) is 1. The van der Waals surface area contributed by atoms with Gasteiger partial charge in [-0.1, -0.05) is 6.92 Å². The van der Waals surface area contributed by atoms with Crippen LogP contribution in [0.1, 0.15) is 26.2 Å². The molecule has 1 aliphatic rings. The first-order valence-electron chi connectivity index (χ1n) is 5.60. The van der Waals surface area contributed by atoms with E-state index in [9.17, 15) is 9.59 Å². The third kappa shape index (κ3) is 3.14. The lowest BCUT2D eigenvalue weighted by atomic mass is 10.0. The van der Waals surface area contributed by atoms with E-state index in [1.807, 2.05) is 13.2 Å². The summed E-state index contributed by atoms with van der Waals surface area (Å²) in [5.74, 6) is -0.220. The first-order chi connectivity index (χ1) is 7.57. The van der Waals surface area contributed by atoms with Gasteiger partial charge in [-0.3, -0.25) is 4.79 Å². The highest BCUT2D eigenvalue weighted by Gasteiger charge is 2.33. The SMILES string of the molecule is CSCC(C)C(=O)N1CCCCC1C(=O)O. The Kier molecular flexibility index (Phi) is 5.12. The molecule has 2 atom stereocenters.